The summed E-state index contributed by atoms with van der Waals surface area (Å²) >= 11 is 0. The highest BCUT2D eigenvalue weighted by Gasteiger charge is 2.16. The van der Waals surface area contributed by atoms with Gasteiger partial charge in [0.1, 0.15) is 0 Å². The molecule has 1 fully saturated rings. The minimum Gasteiger partial charge on any atom is -0.391 e. The predicted molar refractivity (Wildman–Crippen MR) is 68.7 cm³/mol. The number of nitrogens with one attached hydrogen (secondary N) is 2. The van der Waals surface area contributed by atoms with Gasteiger partial charge in [0.25, 0.3) is 0 Å². The molecule has 0 saturated carbocycles. The summed E-state index contributed by atoms with van der Waals surface area (Å²) in [7, 11) is 0. The highest BCUT2D eigenvalue weighted by atomic mass is 16.3. The Morgan fingerprint density at radius 1 is 1.53 bits per heavy atom. The van der Waals surface area contributed by atoms with E-state index in [1.165, 1.54) is 6.42 Å². The molecule has 0 aromatic rings. The SMILES string of the molecule is CC(C)CC(O)CNC(=O)CCC1CCNC1. The summed E-state index contributed by atoms with van der Waals surface area (Å²) in [6.07, 6.45) is 3.06. The van der Waals surface area contributed by atoms with Crippen LogP contribution in [-0.4, -0.2) is 36.8 Å². The average Bonchev–Trinajstić information content (AvgIpc) is 2.75. The second-order valence-corrected chi connectivity index (χ2v) is 5.48. The molecular formula is C13H26N2O2. The van der Waals surface area contributed by atoms with Gasteiger partial charge in [-0.25, -0.2) is 0 Å². The molecule has 4 nitrogen and oxygen atoms in total. The Bertz CT molecular complexity index is 225. The lowest BCUT2D eigenvalue weighted by Crippen LogP contribution is -2.32. The normalized spacial score (nSPS) is 21.8. The highest BCUT2D eigenvalue weighted by Crippen LogP contribution is 2.13. The molecule has 1 aliphatic rings. The molecule has 0 radical (unpaired) electrons. The molecule has 4 heteroatoms. The fourth-order valence-corrected chi connectivity index (χ4v) is 2.24. The lowest BCUT2D eigenvalue weighted by atomic mass is 10.0. The molecule has 1 rings (SSSR count). The third-order valence-electron chi connectivity index (χ3n) is 3.22. The lowest BCUT2D eigenvalue weighted by Gasteiger charge is -2.14. The predicted octanol–water partition coefficient (Wildman–Crippen LogP) is 0.899. The molecule has 0 spiro atoms. The molecule has 0 bridgehead atoms. The first kappa shape index (κ1) is 14.5. The van der Waals surface area contributed by atoms with E-state index in [1.807, 2.05) is 0 Å². The average molecular weight is 242 g/mol. The Balaban J connectivity index is 2.04. The van der Waals surface area contributed by atoms with Crippen LogP contribution in [-0.2, 0) is 4.79 Å². The number of aliphatic hydroxyl groups excluding tert-OH is 1. The number of hydrogen-bond donors (Lipinski definition) is 3. The molecule has 0 aromatic heterocycles. The minimum atomic E-state index is -0.410. The fraction of sp³-hybridized carbons (Fsp3) is 0.923. The van der Waals surface area contributed by atoms with Crippen molar-refractivity contribution in [1.29, 1.82) is 0 Å². The van der Waals surface area contributed by atoms with E-state index in [0.717, 1.165) is 25.9 Å². The van der Waals surface area contributed by atoms with E-state index in [-0.39, 0.29) is 5.91 Å². The van der Waals surface area contributed by atoms with Gasteiger partial charge in [0.15, 0.2) is 0 Å². The number of amides is 1. The molecule has 1 amide bonds. The van der Waals surface area contributed by atoms with Crippen molar-refractivity contribution in [2.45, 2.75) is 45.6 Å². The van der Waals surface area contributed by atoms with Gasteiger partial charge in [-0.05, 0) is 44.2 Å². The molecule has 2 atom stereocenters. The van der Waals surface area contributed by atoms with Crippen LogP contribution in [0.3, 0.4) is 0 Å². The van der Waals surface area contributed by atoms with E-state index in [1.54, 1.807) is 0 Å². The van der Waals surface area contributed by atoms with Crippen LogP contribution < -0.4 is 10.6 Å². The van der Waals surface area contributed by atoms with E-state index in [9.17, 15) is 9.90 Å². The first-order chi connectivity index (χ1) is 8.08. The maximum Gasteiger partial charge on any atom is 0.220 e. The molecule has 17 heavy (non-hydrogen) atoms. The second-order valence-electron chi connectivity index (χ2n) is 5.48. The van der Waals surface area contributed by atoms with Crippen molar-refractivity contribution >= 4 is 5.91 Å². The van der Waals surface area contributed by atoms with Crippen molar-refractivity contribution in [3.63, 3.8) is 0 Å². The molecule has 3 N–H and O–H groups in total. The highest BCUT2D eigenvalue weighted by molar-refractivity contribution is 5.75. The molecule has 0 aromatic carbocycles. The topological polar surface area (TPSA) is 61.4 Å². The van der Waals surface area contributed by atoms with Crippen LogP contribution in [0.1, 0.15) is 39.5 Å². The van der Waals surface area contributed by atoms with E-state index < -0.39 is 6.10 Å². The Morgan fingerprint density at radius 3 is 2.88 bits per heavy atom. The molecular weight excluding hydrogens is 216 g/mol. The molecule has 1 aliphatic heterocycles. The zero-order chi connectivity index (χ0) is 12.7. The van der Waals surface area contributed by atoms with E-state index in [0.29, 0.717) is 24.8 Å². The summed E-state index contributed by atoms with van der Waals surface area (Å²) in [5, 5.41) is 15.7. The Hall–Kier alpha value is -0.610. The van der Waals surface area contributed by atoms with Gasteiger partial charge < -0.3 is 15.7 Å². The molecule has 1 saturated heterocycles. The van der Waals surface area contributed by atoms with E-state index in [2.05, 4.69) is 24.5 Å². The summed E-state index contributed by atoms with van der Waals surface area (Å²) in [6, 6.07) is 0. The van der Waals surface area contributed by atoms with Crippen molar-refractivity contribution in [3.05, 3.63) is 0 Å². The van der Waals surface area contributed by atoms with Crippen LogP contribution in [0, 0.1) is 11.8 Å². The van der Waals surface area contributed by atoms with Gasteiger partial charge in [0.05, 0.1) is 6.10 Å². The maximum atomic E-state index is 11.5. The number of carbonyl (C=O) groups is 1. The van der Waals surface area contributed by atoms with Crippen molar-refractivity contribution in [2.75, 3.05) is 19.6 Å². The van der Waals surface area contributed by atoms with Crippen molar-refractivity contribution in [3.8, 4) is 0 Å². The van der Waals surface area contributed by atoms with Gasteiger partial charge >= 0.3 is 0 Å². The summed E-state index contributed by atoms with van der Waals surface area (Å²) in [6.45, 7) is 6.65. The first-order valence-electron chi connectivity index (χ1n) is 6.73. The number of carbonyl (C=O) groups excluding carboxylic acids is 1. The van der Waals surface area contributed by atoms with Crippen LogP contribution in [0.4, 0.5) is 0 Å². The standard InChI is InChI=1S/C13H26N2O2/c1-10(2)7-12(16)9-15-13(17)4-3-11-5-6-14-8-11/h10-12,14,16H,3-9H2,1-2H3,(H,15,17). The van der Waals surface area contributed by atoms with Gasteiger partial charge in [-0.3, -0.25) is 4.79 Å². The van der Waals surface area contributed by atoms with Gasteiger partial charge in [0, 0.05) is 13.0 Å². The van der Waals surface area contributed by atoms with Crippen molar-refractivity contribution in [2.24, 2.45) is 11.8 Å². The summed E-state index contributed by atoms with van der Waals surface area (Å²) < 4.78 is 0. The third-order valence-corrected chi connectivity index (χ3v) is 3.22. The number of rotatable bonds is 7. The zero-order valence-corrected chi connectivity index (χ0v) is 11.0. The Labute approximate surface area is 104 Å². The fourth-order valence-electron chi connectivity index (χ4n) is 2.24. The Kier molecular flexibility index (Phi) is 6.52. The summed E-state index contributed by atoms with van der Waals surface area (Å²) in [4.78, 5) is 11.5. The summed E-state index contributed by atoms with van der Waals surface area (Å²) in [5.74, 6) is 1.19. The van der Waals surface area contributed by atoms with Gasteiger partial charge in [-0.15, -0.1) is 0 Å². The molecule has 0 aliphatic carbocycles. The van der Waals surface area contributed by atoms with Crippen LogP contribution in [0.25, 0.3) is 0 Å². The Morgan fingerprint density at radius 2 is 2.29 bits per heavy atom. The smallest absolute Gasteiger partial charge is 0.220 e. The monoisotopic (exact) mass is 242 g/mol. The molecule has 2 unspecified atom stereocenters. The third kappa shape index (κ3) is 6.64. The number of aliphatic hydroxyl groups is 1. The number of hydrogen-bond acceptors (Lipinski definition) is 3. The van der Waals surface area contributed by atoms with Crippen LogP contribution in [0.15, 0.2) is 0 Å². The molecule has 100 valence electrons. The minimum absolute atomic E-state index is 0.0692. The lowest BCUT2D eigenvalue weighted by molar-refractivity contribution is -0.121. The van der Waals surface area contributed by atoms with Crippen LogP contribution >= 0.6 is 0 Å². The molecule has 1 heterocycles. The van der Waals surface area contributed by atoms with Gasteiger partial charge in [-0.1, -0.05) is 13.8 Å². The van der Waals surface area contributed by atoms with E-state index in [4.69, 9.17) is 0 Å². The zero-order valence-electron chi connectivity index (χ0n) is 11.0. The van der Waals surface area contributed by atoms with Crippen molar-refractivity contribution < 1.29 is 9.90 Å². The maximum absolute atomic E-state index is 11.5. The van der Waals surface area contributed by atoms with Crippen LogP contribution in [0.5, 0.6) is 0 Å². The quantitative estimate of drug-likeness (QED) is 0.621. The van der Waals surface area contributed by atoms with Crippen LogP contribution in [0.2, 0.25) is 0 Å². The second kappa shape index (κ2) is 7.67. The van der Waals surface area contributed by atoms with Gasteiger partial charge in [-0.2, -0.15) is 0 Å². The first-order valence-corrected chi connectivity index (χ1v) is 6.73. The van der Waals surface area contributed by atoms with E-state index >= 15 is 0 Å². The summed E-state index contributed by atoms with van der Waals surface area (Å²) in [5.41, 5.74) is 0. The van der Waals surface area contributed by atoms with Crippen molar-refractivity contribution in [1.82, 2.24) is 10.6 Å². The van der Waals surface area contributed by atoms with Gasteiger partial charge in [0.2, 0.25) is 5.91 Å². The largest absolute Gasteiger partial charge is 0.391 e.